The lowest BCUT2D eigenvalue weighted by atomic mass is 9.85. The number of rotatable bonds is 2. The number of hydrogen-bond donors (Lipinski definition) is 1. The van der Waals surface area contributed by atoms with Crippen molar-refractivity contribution in [2.45, 2.75) is 43.7 Å². The molecule has 16 heavy (non-hydrogen) atoms. The second-order valence-corrected chi connectivity index (χ2v) is 5.01. The summed E-state index contributed by atoms with van der Waals surface area (Å²) >= 11 is 0. The van der Waals surface area contributed by atoms with Crippen molar-refractivity contribution in [2.75, 3.05) is 7.11 Å². The summed E-state index contributed by atoms with van der Waals surface area (Å²) in [4.78, 5) is 0. The fourth-order valence-electron chi connectivity index (χ4n) is 3.25. The minimum atomic E-state index is 0.689. The van der Waals surface area contributed by atoms with Gasteiger partial charge in [0.05, 0.1) is 7.11 Å². The zero-order valence-corrected chi connectivity index (χ0v) is 9.78. The highest BCUT2D eigenvalue weighted by Crippen LogP contribution is 2.38. The number of nitrogens with one attached hydrogen (secondary N) is 1. The molecule has 2 nitrogen and oxygen atoms in total. The lowest BCUT2D eigenvalue weighted by Crippen LogP contribution is -2.38. The van der Waals surface area contributed by atoms with E-state index in [1.54, 1.807) is 7.11 Å². The summed E-state index contributed by atoms with van der Waals surface area (Å²) < 4.78 is 5.30. The van der Waals surface area contributed by atoms with Crippen LogP contribution in [0.5, 0.6) is 5.75 Å². The molecule has 0 saturated carbocycles. The van der Waals surface area contributed by atoms with Crippen molar-refractivity contribution in [1.82, 2.24) is 5.32 Å². The van der Waals surface area contributed by atoms with E-state index in [1.807, 2.05) is 6.07 Å². The Kier molecular flexibility index (Phi) is 2.60. The molecule has 86 valence electrons. The zero-order valence-electron chi connectivity index (χ0n) is 9.78. The number of hydrogen-bond acceptors (Lipinski definition) is 2. The third-order valence-corrected chi connectivity index (χ3v) is 4.11. The smallest absolute Gasteiger partial charge is 0.119 e. The van der Waals surface area contributed by atoms with Crippen molar-refractivity contribution in [3.63, 3.8) is 0 Å². The lowest BCUT2D eigenvalue weighted by molar-refractivity contribution is 0.357. The van der Waals surface area contributed by atoms with E-state index >= 15 is 0 Å². The van der Waals surface area contributed by atoms with Crippen LogP contribution in [0.15, 0.2) is 24.3 Å². The van der Waals surface area contributed by atoms with Gasteiger partial charge in [-0.05, 0) is 49.3 Å². The number of benzene rings is 1. The van der Waals surface area contributed by atoms with Crippen molar-refractivity contribution in [3.8, 4) is 5.75 Å². The van der Waals surface area contributed by atoms with Crippen LogP contribution in [0.1, 0.15) is 37.2 Å². The van der Waals surface area contributed by atoms with Gasteiger partial charge in [-0.2, -0.15) is 0 Å². The van der Waals surface area contributed by atoms with E-state index in [4.69, 9.17) is 4.74 Å². The third-order valence-electron chi connectivity index (χ3n) is 4.11. The van der Waals surface area contributed by atoms with Crippen molar-refractivity contribution in [3.05, 3.63) is 29.8 Å². The highest BCUT2D eigenvalue weighted by molar-refractivity contribution is 5.32. The van der Waals surface area contributed by atoms with E-state index in [0.29, 0.717) is 12.0 Å². The summed E-state index contributed by atoms with van der Waals surface area (Å²) in [7, 11) is 1.74. The second-order valence-electron chi connectivity index (χ2n) is 5.01. The molecule has 3 atom stereocenters. The van der Waals surface area contributed by atoms with Crippen LogP contribution in [-0.2, 0) is 0 Å². The van der Waals surface area contributed by atoms with E-state index in [1.165, 1.54) is 31.2 Å². The maximum Gasteiger partial charge on any atom is 0.119 e. The van der Waals surface area contributed by atoms with E-state index in [-0.39, 0.29) is 0 Å². The molecule has 2 saturated heterocycles. The predicted molar refractivity (Wildman–Crippen MR) is 64.9 cm³/mol. The van der Waals surface area contributed by atoms with Gasteiger partial charge >= 0.3 is 0 Å². The van der Waals surface area contributed by atoms with Crippen molar-refractivity contribution >= 4 is 0 Å². The quantitative estimate of drug-likeness (QED) is 0.822. The van der Waals surface area contributed by atoms with Gasteiger partial charge in [-0.3, -0.25) is 0 Å². The van der Waals surface area contributed by atoms with E-state index < -0.39 is 0 Å². The van der Waals surface area contributed by atoms with E-state index in [0.717, 1.165) is 11.8 Å². The maximum atomic E-state index is 5.30. The minimum Gasteiger partial charge on any atom is -0.497 e. The number of methoxy groups -OCH3 is 1. The number of piperidine rings is 1. The Bertz CT molecular complexity index is 377. The summed E-state index contributed by atoms with van der Waals surface area (Å²) in [5, 5.41) is 3.74. The molecule has 1 N–H and O–H groups in total. The van der Waals surface area contributed by atoms with Gasteiger partial charge in [0, 0.05) is 12.1 Å². The lowest BCUT2D eigenvalue weighted by Gasteiger charge is -2.30. The molecule has 0 radical (unpaired) electrons. The maximum absolute atomic E-state index is 5.30. The second kappa shape index (κ2) is 4.10. The van der Waals surface area contributed by atoms with Crippen molar-refractivity contribution < 1.29 is 4.74 Å². The fraction of sp³-hybridized carbons (Fsp3) is 0.571. The molecule has 2 heteroatoms. The third kappa shape index (κ3) is 1.71. The van der Waals surface area contributed by atoms with Crippen LogP contribution >= 0.6 is 0 Å². The Labute approximate surface area is 97.0 Å². The largest absolute Gasteiger partial charge is 0.497 e. The van der Waals surface area contributed by atoms with Gasteiger partial charge in [0.25, 0.3) is 0 Å². The van der Waals surface area contributed by atoms with Crippen LogP contribution in [0.2, 0.25) is 0 Å². The molecule has 0 spiro atoms. The van der Waals surface area contributed by atoms with Crippen LogP contribution < -0.4 is 10.1 Å². The molecule has 2 aliphatic heterocycles. The molecule has 2 bridgehead atoms. The molecular weight excluding hydrogens is 198 g/mol. The first-order chi connectivity index (χ1) is 7.86. The molecule has 0 aromatic heterocycles. The standard InChI is InChI=1S/C14H19NO/c1-16-12-4-2-3-10(9-12)13-7-5-11-6-8-14(13)15-11/h2-4,9,11,13-15H,5-8H2,1H3. The topological polar surface area (TPSA) is 21.3 Å². The first-order valence-electron chi connectivity index (χ1n) is 6.27. The van der Waals surface area contributed by atoms with Gasteiger partial charge < -0.3 is 10.1 Å². The van der Waals surface area contributed by atoms with E-state index in [2.05, 4.69) is 23.5 Å². The molecule has 2 heterocycles. The Morgan fingerprint density at radius 2 is 2.06 bits per heavy atom. The Hall–Kier alpha value is -1.02. The average Bonchev–Trinajstić information content (AvgIpc) is 2.71. The summed E-state index contributed by atoms with van der Waals surface area (Å²) in [5.74, 6) is 1.67. The minimum absolute atomic E-state index is 0.689. The first kappa shape index (κ1) is 10.2. The molecule has 2 fully saturated rings. The van der Waals surface area contributed by atoms with Gasteiger partial charge in [-0.15, -0.1) is 0 Å². The van der Waals surface area contributed by atoms with Gasteiger partial charge in [0.2, 0.25) is 0 Å². The van der Waals surface area contributed by atoms with Crippen LogP contribution in [0, 0.1) is 0 Å². The molecule has 3 unspecified atom stereocenters. The predicted octanol–water partition coefficient (Wildman–Crippen LogP) is 2.69. The Morgan fingerprint density at radius 1 is 1.19 bits per heavy atom. The molecule has 0 amide bonds. The van der Waals surface area contributed by atoms with Gasteiger partial charge in [-0.1, -0.05) is 12.1 Å². The molecule has 3 rings (SSSR count). The zero-order chi connectivity index (χ0) is 11.0. The van der Waals surface area contributed by atoms with Crippen molar-refractivity contribution in [1.29, 1.82) is 0 Å². The first-order valence-corrected chi connectivity index (χ1v) is 6.27. The van der Waals surface area contributed by atoms with Crippen molar-refractivity contribution in [2.24, 2.45) is 0 Å². The highest BCUT2D eigenvalue weighted by Gasteiger charge is 2.35. The summed E-state index contributed by atoms with van der Waals surface area (Å²) in [5.41, 5.74) is 1.44. The Morgan fingerprint density at radius 3 is 2.94 bits per heavy atom. The summed E-state index contributed by atoms with van der Waals surface area (Å²) in [6.07, 6.45) is 5.37. The normalized spacial score (nSPS) is 32.7. The van der Waals surface area contributed by atoms with Crippen LogP contribution in [-0.4, -0.2) is 19.2 Å². The van der Waals surface area contributed by atoms with Gasteiger partial charge in [0.15, 0.2) is 0 Å². The highest BCUT2D eigenvalue weighted by atomic mass is 16.5. The summed E-state index contributed by atoms with van der Waals surface area (Å²) in [6, 6.07) is 10.1. The molecule has 1 aromatic carbocycles. The molecule has 1 aromatic rings. The number of fused-ring (bicyclic) bond motifs is 2. The van der Waals surface area contributed by atoms with Crippen LogP contribution in [0.4, 0.5) is 0 Å². The fourth-order valence-corrected chi connectivity index (χ4v) is 3.25. The molecule has 0 aliphatic carbocycles. The van der Waals surface area contributed by atoms with Crippen LogP contribution in [0.25, 0.3) is 0 Å². The SMILES string of the molecule is COc1cccc(C2CCC3CCC2N3)c1. The summed E-state index contributed by atoms with van der Waals surface area (Å²) in [6.45, 7) is 0. The van der Waals surface area contributed by atoms with E-state index in [9.17, 15) is 0 Å². The van der Waals surface area contributed by atoms with Gasteiger partial charge in [0.1, 0.15) is 5.75 Å². The van der Waals surface area contributed by atoms with Crippen LogP contribution in [0.3, 0.4) is 0 Å². The van der Waals surface area contributed by atoms with Gasteiger partial charge in [-0.25, -0.2) is 0 Å². The molecule has 2 aliphatic rings. The average molecular weight is 217 g/mol. The molecular formula is C14H19NO. The Balaban J connectivity index is 1.85. The number of ether oxygens (including phenoxy) is 1. The monoisotopic (exact) mass is 217 g/mol.